The Hall–Kier alpha value is -2.35. The molecule has 0 spiro atoms. The van der Waals surface area contributed by atoms with Gasteiger partial charge in [-0.25, -0.2) is 4.98 Å². The number of imidazole rings is 1. The smallest absolute Gasteiger partial charge is 0.319 e. The third-order valence-electron chi connectivity index (χ3n) is 3.30. The summed E-state index contributed by atoms with van der Waals surface area (Å²) < 4.78 is 32.1. The van der Waals surface area contributed by atoms with Gasteiger partial charge in [0.15, 0.2) is 5.96 Å². The summed E-state index contributed by atoms with van der Waals surface area (Å²) in [5.41, 5.74) is 0. The third-order valence-corrected chi connectivity index (χ3v) is 3.56. The number of nitrogens with one attached hydrogen (secondary N) is 2. The number of benzene rings is 1. The molecule has 9 heteroatoms. The number of aliphatic imine (C=N–C) groups is 1. The number of halogens is 3. The molecule has 0 radical (unpaired) electrons. The maximum atomic E-state index is 12.8. The molecule has 0 saturated carbocycles. The molecule has 0 bridgehead atoms. The SMILES string of the molecule is CN=C(NCc1nccn1C(F)F)NCC(C)Oc1ccc(Cl)cc1. The molecule has 2 aromatic rings. The summed E-state index contributed by atoms with van der Waals surface area (Å²) in [6.45, 7) is -0.116. The molecule has 1 heterocycles. The van der Waals surface area contributed by atoms with Gasteiger partial charge in [-0.2, -0.15) is 8.78 Å². The lowest BCUT2D eigenvalue weighted by Crippen LogP contribution is -2.41. The Bertz CT molecular complexity index is 690. The zero-order valence-electron chi connectivity index (χ0n) is 13.9. The fourth-order valence-corrected chi connectivity index (χ4v) is 2.20. The average molecular weight is 372 g/mol. The summed E-state index contributed by atoms with van der Waals surface area (Å²) >= 11 is 5.83. The zero-order valence-corrected chi connectivity index (χ0v) is 14.7. The van der Waals surface area contributed by atoms with Crippen LogP contribution in [0, 0.1) is 0 Å². The second kappa shape index (κ2) is 9.22. The van der Waals surface area contributed by atoms with Gasteiger partial charge >= 0.3 is 6.55 Å². The van der Waals surface area contributed by atoms with Crippen molar-refractivity contribution in [1.82, 2.24) is 20.2 Å². The minimum atomic E-state index is -2.62. The molecule has 1 aromatic carbocycles. The molecule has 1 aromatic heterocycles. The largest absolute Gasteiger partial charge is 0.489 e. The van der Waals surface area contributed by atoms with E-state index in [9.17, 15) is 8.78 Å². The van der Waals surface area contributed by atoms with E-state index < -0.39 is 6.55 Å². The highest BCUT2D eigenvalue weighted by Gasteiger charge is 2.12. The summed E-state index contributed by atoms with van der Waals surface area (Å²) in [6, 6.07) is 7.08. The van der Waals surface area contributed by atoms with Gasteiger partial charge in [0, 0.05) is 24.5 Å². The van der Waals surface area contributed by atoms with E-state index in [2.05, 4.69) is 20.6 Å². The van der Waals surface area contributed by atoms with Gasteiger partial charge < -0.3 is 15.4 Å². The van der Waals surface area contributed by atoms with Gasteiger partial charge in [0.25, 0.3) is 0 Å². The maximum absolute atomic E-state index is 12.8. The highest BCUT2D eigenvalue weighted by atomic mass is 35.5. The van der Waals surface area contributed by atoms with Crippen LogP contribution < -0.4 is 15.4 Å². The van der Waals surface area contributed by atoms with Crippen LogP contribution in [0.1, 0.15) is 19.3 Å². The predicted molar refractivity (Wildman–Crippen MR) is 93.2 cm³/mol. The van der Waals surface area contributed by atoms with Crippen molar-refractivity contribution in [3.05, 3.63) is 47.5 Å². The average Bonchev–Trinajstić information content (AvgIpc) is 3.06. The van der Waals surface area contributed by atoms with Crippen LogP contribution in [0.15, 0.2) is 41.7 Å². The lowest BCUT2D eigenvalue weighted by molar-refractivity contribution is 0.0668. The van der Waals surface area contributed by atoms with Gasteiger partial charge in [0.2, 0.25) is 0 Å². The van der Waals surface area contributed by atoms with E-state index in [4.69, 9.17) is 16.3 Å². The van der Waals surface area contributed by atoms with E-state index in [0.717, 1.165) is 4.57 Å². The second-order valence-electron chi connectivity index (χ2n) is 5.22. The summed E-state index contributed by atoms with van der Waals surface area (Å²) in [5, 5.41) is 6.66. The van der Waals surface area contributed by atoms with Crippen LogP contribution in [-0.2, 0) is 6.54 Å². The fraction of sp³-hybridized carbons (Fsp3) is 0.375. The number of nitrogens with zero attached hydrogens (tertiary/aromatic N) is 3. The monoisotopic (exact) mass is 371 g/mol. The van der Waals surface area contributed by atoms with Gasteiger partial charge in [-0.15, -0.1) is 0 Å². The quantitative estimate of drug-likeness (QED) is 0.580. The molecular formula is C16H20ClF2N5O. The van der Waals surface area contributed by atoms with Crippen molar-refractivity contribution in [2.75, 3.05) is 13.6 Å². The molecule has 0 amide bonds. The minimum Gasteiger partial charge on any atom is -0.489 e. The van der Waals surface area contributed by atoms with Crippen LogP contribution in [-0.4, -0.2) is 35.2 Å². The van der Waals surface area contributed by atoms with Crippen LogP contribution in [0.25, 0.3) is 0 Å². The van der Waals surface area contributed by atoms with Crippen LogP contribution in [0.4, 0.5) is 8.78 Å². The van der Waals surface area contributed by atoms with E-state index in [-0.39, 0.29) is 18.5 Å². The third kappa shape index (κ3) is 5.90. The molecule has 136 valence electrons. The number of aromatic nitrogens is 2. The van der Waals surface area contributed by atoms with E-state index >= 15 is 0 Å². The fourth-order valence-electron chi connectivity index (χ4n) is 2.07. The Morgan fingerprint density at radius 1 is 1.32 bits per heavy atom. The van der Waals surface area contributed by atoms with E-state index in [1.54, 1.807) is 31.3 Å². The van der Waals surface area contributed by atoms with Crippen molar-refractivity contribution in [3.8, 4) is 5.75 Å². The van der Waals surface area contributed by atoms with Crippen LogP contribution in [0.5, 0.6) is 5.75 Å². The van der Waals surface area contributed by atoms with Gasteiger partial charge in [-0.1, -0.05) is 11.6 Å². The molecule has 0 fully saturated rings. The van der Waals surface area contributed by atoms with Crippen LogP contribution in [0.2, 0.25) is 5.02 Å². The molecule has 6 nitrogen and oxygen atoms in total. The van der Waals surface area contributed by atoms with Gasteiger partial charge in [0.1, 0.15) is 17.7 Å². The predicted octanol–water partition coefficient (Wildman–Crippen LogP) is 3.06. The molecule has 2 rings (SSSR count). The number of ether oxygens (including phenoxy) is 1. The summed E-state index contributed by atoms with van der Waals surface area (Å²) in [6.07, 6.45) is 2.43. The molecular weight excluding hydrogens is 352 g/mol. The maximum Gasteiger partial charge on any atom is 0.319 e. The highest BCUT2D eigenvalue weighted by molar-refractivity contribution is 6.30. The molecule has 1 atom stereocenters. The molecule has 2 N–H and O–H groups in total. The van der Waals surface area contributed by atoms with Gasteiger partial charge in [-0.3, -0.25) is 9.56 Å². The van der Waals surface area contributed by atoms with Crippen LogP contribution >= 0.6 is 11.6 Å². The first-order valence-electron chi connectivity index (χ1n) is 7.66. The normalized spacial score (nSPS) is 13.0. The molecule has 0 saturated heterocycles. The second-order valence-corrected chi connectivity index (χ2v) is 5.65. The Morgan fingerprint density at radius 3 is 2.68 bits per heavy atom. The van der Waals surface area contributed by atoms with Crippen molar-refractivity contribution < 1.29 is 13.5 Å². The standard InChI is InChI=1S/C16H20ClF2N5O/c1-11(25-13-5-3-12(17)4-6-13)9-22-16(20-2)23-10-14-21-7-8-24(14)15(18)19/h3-8,11,15H,9-10H2,1-2H3,(H2,20,22,23). The van der Waals surface area contributed by atoms with Crippen LogP contribution in [0.3, 0.4) is 0 Å². The summed E-state index contributed by atoms with van der Waals surface area (Å²) in [4.78, 5) is 7.95. The lowest BCUT2D eigenvalue weighted by Gasteiger charge is -2.18. The van der Waals surface area contributed by atoms with E-state index in [1.807, 2.05) is 6.92 Å². The van der Waals surface area contributed by atoms with Gasteiger partial charge in [-0.05, 0) is 31.2 Å². The number of hydrogen-bond donors (Lipinski definition) is 2. The van der Waals surface area contributed by atoms with Crippen molar-refractivity contribution in [2.24, 2.45) is 4.99 Å². The topological polar surface area (TPSA) is 63.5 Å². The lowest BCUT2D eigenvalue weighted by atomic mass is 10.3. The first-order chi connectivity index (χ1) is 12.0. The Balaban J connectivity index is 1.79. The van der Waals surface area contributed by atoms with Crippen molar-refractivity contribution >= 4 is 17.6 Å². The number of guanidine groups is 1. The van der Waals surface area contributed by atoms with E-state index in [0.29, 0.717) is 23.3 Å². The molecule has 0 aliphatic rings. The van der Waals surface area contributed by atoms with Crippen molar-refractivity contribution in [3.63, 3.8) is 0 Å². The van der Waals surface area contributed by atoms with E-state index in [1.165, 1.54) is 12.4 Å². The number of hydrogen-bond acceptors (Lipinski definition) is 3. The molecule has 0 aliphatic heterocycles. The minimum absolute atomic E-state index is 0.128. The van der Waals surface area contributed by atoms with Gasteiger partial charge in [0.05, 0.1) is 13.1 Å². The Morgan fingerprint density at radius 2 is 2.04 bits per heavy atom. The Labute approximate surface area is 149 Å². The zero-order chi connectivity index (χ0) is 18.2. The molecule has 0 aliphatic carbocycles. The number of rotatable bonds is 7. The first kappa shape index (κ1) is 19.0. The summed E-state index contributed by atoms with van der Waals surface area (Å²) in [5.74, 6) is 1.40. The first-order valence-corrected chi connectivity index (χ1v) is 8.04. The Kier molecular flexibility index (Phi) is 7.00. The molecule has 1 unspecified atom stereocenters. The summed E-state index contributed by atoms with van der Waals surface area (Å²) in [7, 11) is 1.60. The number of alkyl halides is 2. The molecule has 25 heavy (non-hydrogen) atoms. The highest BCUT2D eigenvalue weighted by Crippen LogP contribution is 2.16. The van der Waals surface area contributed by atoms with Crippen molar-refractivity contribution in [1.29, 1.82) is 0 Å². The van der Waals surface area contributed by atoms with Crippen molar-refractivity contribution in [2.45, 2.75) is 26.1 Å².